The Kier molecular flexibility index (Phi) is 5.74. The van der Waals surface area contributed by atoms with Gasteiger partial charge in [0, 0.05) is 31.5 Å². The predicted octanol–water partition coefficient (Wildman–Crippen LogP) is 1.36. The summed E-state index contributed by atoms with van der Waals surface area (Å²) in [6.45, 7) is 3.28. The lowest BCUT2D eigenvalue weighted by molar-refractivity contribution is -0.116. The van der Waals surface area contributed by atoms with Crippen molar-refractivity contribution in [3.05, 3.63) is 24.3 Å². The van der Waals surface area contributed by atoms with Crippen LogP contribution in [-0.4, -0.2) is 51.6 Å². The second-order valence-electron chi connectivity index (χ2n) is 5.39. The number of benzene rings is 1. The van der Waals surface area contributed by atoms with Crippen molar-refractivity contribution in [2.75, 3.05) is 37.1 Å². The molecule has 0 aliphatic rings. The Labute approximate surface area is 126 Å². The number of carbonyl (C=O) groups is 1. The van der Waals surface area contributed by atoms with Crippen molar-refractivity contribution in [1.82, 2.24) is 4.31 Å². The molecule has 0 aliphatic heterocycles. The Balaban J connectivity index is 2.73. The van der Waals surface area contributed by atoms with Gasteiger partial charge in [-0.3, -0.25) is 4.79 Å². The Morgan fingerprint density at radius 2 is 1.71 bits per heavy atom. The van der Waals surface area contributed by atoms with E-state index in [4.69, 9.17) is 0 Å². The van der Waals surface area contributed by atoms with Gasteiger partial charge in [-0.05, 0) is 38.1 Å². The van der Waals surface area contributed by atoms with Crippen LogP contribution >= 0.6 is 0 Å². The van der Waals surface area contributed by atoms with E-state index in [-0.39, 0.29) is 18.5 Å². The Bertz CT molecular complexity index is 580. The van der Waals surface area contributed by atoms with Gasteiger partial charge in [0.25, 0.3) is 0 Å². The molecule has 0 bridgehead atoms. The van der Waals surface area contributed by atoms with Gasteiger partial charge < -0.3 is 10.2 Å². The summed E-state index contributed by atoms with van der Waals surface area (Å²) in [4.78, 5) is 13.9. The van der Waals surface area contributed by atoms with Crippen molar-refractivity contribution >= 4 is 27.3 Å². The number of hydrogen-bond donors (Lipinski definition) is 1. The lowest BCUT2D eigenvalue weighted by Crippen LogP contribution is -2.41. The van der Waals surface area contributed by atoms with Crippen molar-refractivity contribution in [1.29, 1.82) is 0 Å². The monoisotopic (exact) mass is 313 g/mol. The van der Waals surface area contributed by atoms with Crippen molar-refractivity contribution in [3.63, 3.8) is 0 Å². The van der Waals surface area contributed by atoms with Gasteiger partial charge in [0.1, 0.15) is 0 Å². The quantitative estimate of drug-likeness (QED) is 0.861. The molecule has 1 rings (SSSR count). The Hall–Kier alpha value is -1.60. The van der Waals surface area contributed by atoms with Gasteiger partial charge >= 0.3 is 0 Å². The minimum atomic E-state index is -3.40. The average molecular weight is 313 g/mol. The van der Waals surface area contributed by atoms with E-state index in [0.29, 0.717) is 5.69 Å². The summed E-state index contributed by atoms with van der Waals surface area (Å²) in [7, 11) is 0.458. The summed E-state index contributed by atoms with van der Waals surface area (Å²) >= 11 is 0. The molecule has 1 amide bonds. The zero-order valence-corrected chi connectivity index (χ0v) is 13.9. The first-order chi connectivity index (χ1) is 9.61. The third kappa shape index (κ3) is 5.35. The molecule has 0 radical (unpaired) electrons. The first-order valence-corrected chi connectivity index (χ1v) is 8.50. The van der Waals surface area contributed by atoms with Crippen LogP contribution < -0.4 is 10.2 Å². The van der Waals surface area contributed by atoms with E-state index in [9.17, 15) is 13.2 Å². The van der Waals surface area contributed by atoms with Crippen molar-refractivity contribution in [2.24, 2.45) is 0 Å². The van der Waals surface area contributed by atoms with Crippen LogP contribution in [0.2, 0.25) is 0 Å². The summed E-state index contributed by atoms with van der Waals surface area (Å²) < 4.78 is 24.4. The third-order valence-corrected chi connectivity index (χ3v) is 4.37. The van der Waals surface area contributed by atoms with Gasteiger partial charge in [-0.25, -0.2) is 8.42 Å². The van der Waals surface area contributed by atoms with Gasteiger partial charge in [-0.2, -0.15) is 4.31 Å². The molecule has 0 atom stereocenters. The van der Waals surface area contributed by atoms with Crippen LogP contribution in [0.3, 0.4) is 0 Å². The van der Waals surface area contributed by atoms with Crippen LogP contribution in [0.1, 0.15) is 13.8 Å². The summed E-state index contributed by atoms with van der Waals surface area (Å²) in [5, 5.41) is 2.70. The van der Waals surface area contributed by atoms with Crippen LogP contribution in [0.5, 0.6) is 0 Å². The van der Waals surface area contributed by atoms with Gasteiger partial charge in [0.05, 0.1) is 12.8 Å². The van der Waals surface area contributed by atoms with Crippen LogP contribution in [0, 0.1) is 0 Å². The second-order valence-corrected chi connectivity index (χ2v) is 7.33. The molecule has 0 spiro atoms. The van der Waals surface area contributed by atoms with Crippen molar-refractivity contribution < 1.29 is 13.2 Å². The smallest absolute Gasteiger partial charge is 0.239 e. The highest BCUT2D eigenvalue weighted by Gasteiger charge is 2.23. The highest BCUT2D eigenvalue weighted by Crippen LogP contribution is 2.15. The number of nitrogens with zero attached hydrogens (tertiary/aromatic N) is 2. The first-order valence-electron chi connectivity index (χ1n) is 6.65. The Morgan fingerprint density at radius 3 is 2.10 bits per heavy atom. The minimum absolute atomic E-state index is 0.189. The van der Waals surface area contributed by atoms with Crippen molar-refractivity contribution in [3.8, 4) is 0 Å². The van der Waals surface area contributed by atoms with E-state index in [1.807, 2.05) is 31.1 Å². The van der Waals surface area contributed by atoms with Gasteiger partial charge in [0.15, 0.2) is 0 Å². The lowest BCUT2D eigenvalue weighted by Gasteiger charge is -2.23. The molecule has 0 heterocycles. The molecule has 0 unspecified atom stereocenters. The molecule has 118 valence electrons. The summed E-state index contributed by atoms with van der Waals surface area (Å²) in [6, 6.07) is 7.07. The molecular weight excluding hydrogens is 290 g/mol. The molecule has 0 aromatic heterocycles. The summed E-state index contributed by atoms with van der Waals surface area (Å²) in [5.41, 5.74) is 1.66. The highest BCUT2D eigenvalue weighted by atomic mass is 32.2. The fourth-order valence-corrected chi connectivity index (χ4v) is 2.99. The van der Waals surface area contributed by atoms with E-state index in [0.717, 1.165) is 16.2 Å². The topological polar surface area (TPSA) is 69.7 Å². The molecule has 7 heteroatoms. The molecule has 1 aromatic rings. The number of rotatable bonds is 6. The largest absolute Gasteiger partial charge is 0.378 e. The molecule has 6 nitrogen and oxygen atoms in total. The minimum Gasteiger partial charge on any atom is -0.378 e. The van der Waals surface area contributed by atoms with Crippen LogP contribution in [0.25, 0.3) is 0 Å². The first kappa shape index (κ1) is 17.5. The maximum absolute atomic E-state index is 12.0. The standard InChI is InChI=1S/C14H23N3O3S/c1-11(2)17(21(5,19)20)10-14(18)15-12-6-8-13(9-7-12)16(3)4/h6-9,11H,10H2,1-5H3,(H,15,18). The summed E-state index contributed by atoms with van der Waals surface area (Å²) in [5.74, 6) is -0.355. The van der Waals surface area contributed by atoms with Crippen molar-refractivity contribution in [2.45, 2.75) is 19.9 Å². The van der Waals surface area contributed by atoms with Crippen LogP contribution in [0.15, 0.2) is 24.3 Å². The SMILES string of the molecule is CC(C)N(CC(=O)Nc1ccc(N(C)C)cc1)S(C)(=O)=O. The molecule has 1 N–H and O–H groups in total. The van der Waals surface area contributed by atoms with E-state index in [1.54, 1.807) is 26.0 Å². The molecule has 21 heavy (non-hydrogen) atoms. The predicted molar refractivity (Wildman–Crippen MR) is 86.1 cm³/mol. The number of anilines is 2. The molecule has 0 saturated carbocycles. The summed E-state index contributed by atoms with van der Waals surface area (Å²) in [6.07, 6.45) is 1.10. The van der Waals surface area contributed by atoms with E-state index < -0.39 is 10.0 Å². The number of nitrogens with one attached hydrogen (secondary N) is 1. The van der Waals surface area contributed by atoms with E-state index >= 15 is 0 Å². The highest BCUT2D eigenvalue weighted by molar-refractivity contribution is 7.88. The zero-order valence-electron chi connectivity index (χ0n) is 13.1. The molecule has 1 aromatic carbocycles. The third-order valence-electron chi connectivity index (χ3n) is 2.97. The van der Waals surface area contributed by atoms with Crippen LogP contribution in [0.4, 0.5) is 11.4 Å². The van der Waals surface area contributed by atoms with E-state index in [2.05, 4.69) is 5.32 Å². The number of amides is 1. The fourth-order valence-electron chi connectivity index (χ4n) is 1.87. The van der Waals surface area contributed by atoms with Gasteiger partial charge in [0.2, 0.25) is 15.9 Å². The molecule has 0 aliphatic carbocycles. The normalized spacial score (nSPS) is 11.8. The van der Waals surface area contributed by atoms with Gasteiger partial charge in [-0.1, -0.05) is 0 Å². The number of sulfonamides is 1. The van der Waals surface area contributed by atoms with Gasteiger partial charge in [-0.15, -0.1) is 0 Å². The molecule has 0 fully saturated rings. The number of hydrogen-bond acceptors (Lipinski definition) is 4. The maximum Gasteiger partial charge on any atom is 0.239 e. The molecule has 0 saturated heterocycles. The fraction of sp³-hybridized carbons (Fsp3) is 0.500. The lowest BCUT2D eigenvalue weighted by atomic mass is 10.2. The van der Waals surface area contributed by atoms with E-state index in [1.165, 1.54) is 0 Å². The number of carbonyl (C=O) groups excluding carboxylic acids is 1. The second kappa shape index (κ2) is 6.91. The average Bonchev–Trinajstić information content (AvgIpc) is 2.35. The van der Waals surface area contributed by atoms with Crippen LogP contribution in [-0.2, 0) is 14.8 Å². The molecular formula is C14H23N3O3S. The Morgan fingerprint density at radius 1 is 1.19 bits per heavy atom. The zero-order chi connectivity index (χ0) is 16.2. The maximum atomic E-state index is 12.0.